The third kappa shape index (κ3) is 4.70. The Bertz CT molecular complexity index is 960. The summed E-state index contributed by atoms with van der Waals surface area (Å²) in [6.07, 6.45) is 3.19. The number of benzene rings is 3. The van der Waals surface area contributed by atoms with Crippen LogP contribution < -0.4 is 9.47 Å². The van der Waals surface area contributed by atoms with Gasteiger partial charge in [-0.3, -0.25) is 4.79 Å². The van der Waals surface area contributed by atoms with E-state index in [1.165, 1.54) is 13.2 Å². The van der Waals surface area contributed by atoms with E-state index >= 15 is 0 Å². The highest BCUT2D eigenvalue weighted by molar-refractivity contribution is 6.06. The molecular weight excluding hydrogens is 340 g/mol. The van der Waals surface area contributed by atoms with Crippen molar-refractivity contribution in [3.63, 3.8) is 0 Å². The summed E-state index contributed by atoms with van der Waals surface area (Å²) in [7, 11) is 1.50. The minimum absolute atomic E-state index is 0.0888. The molecule has 0 atom stereocenters. The number of rotatable bonds is 6. The summed E-state index contributed by atoms with van der Waals surface area (Å²) in [6.45, 7) is 0. The van der Waals surface area contributed by atoms with E-state index in [-0.39, 0.29) is 5.78 Å². The molecule has 0 aromatic heterocycles. The van der Waals surface area contributed by atoms with Crippen LogP contribution in [0.15, 0.2) is 84.9 Å². The molecule has 134 valence electrons. The molecule has 0 amide bonds. The molecule has 3 rings (SSSR count). The van der Waals surface area contributed by atoms with Crippen molar-refractivity contribution in [2.45, 2.75) is 0 Å². The molecular formula is C23H18O4. The molecule has 0 saturated carbocycles. The Morgan fingerprint density at radius 3 is 2.04 bits per heavy atom. The van der Waals surface area contributed by atoms with Gasteiger partial charge >= 0.3 is 5.97 Å². The van der Waals surface area contributed by atoms with Crippen LogP contribution >= 0.6 is 0 Å². The summed E-state index contributed by atoms with van der Waals surface area (Å²) < 4.78 is 10.7. The normalized spacial score (nSPS) is 10.6. The fourth-order valence-corrected chi connectivity index (χ4v) is 2.48. The first kappa shape index (κ1) is 18.1. The van der Waals surface area contributed by atoms with Crippen molar-refractivity contribution in [3.8, 4) is 11.5 Å². The maximum atomic E-state index is 12.2. The number of carbonyl (C=O) groups excluding carboxylic acids is 2. The van der Waals surface area contributed by atoms with E-state index < -0.39 is 5.97 Å². The van der Waals surface area contributed by atoms with Crippen molar-refractivity contribution < 1.29 is 19.1 Å². The average molecular weight is 358 g/mol. The number of ether oxygens (including phenoxy) is 2. The Kier molecular flexibility index (Phi) is 5.80. The molecule has 0 aliphatic heterocycles. The quantitative estimate of drug-likeness (QED) is 0.275. The molecule has 3 aromatic rings. The van der Waals surface area contributed by atoms with Gasteiger partial charge in [0.1, 0.15) is 0 Å². The van der Waals surface area contributed by atoms with E-state index in [1.807, 2.05) is 24.3 Å². The number of hydrogen-bond donors (Lipinski definition) is 0. The molecule has 4 heteroatoms. The molecule has 4 nitrogen and oxygen atoms in total. The van der Waals surface area contributed by atoms with Gasteiger partial charge in [-0.05, 0) is 35.9 Å². The molecule has 0 fully saturated rings. The molecule has 0 aliphatic rings. The van der Waals surface area contributed by atoms with Crippen molar-refractivity contribution in [2.24, 2.45) is 0 Å². The molecule has 0 spiro atoms. The number of methoxy groups -OCH3 is 1. The summed E-state index contributed by atoms with van der Waals surface area (Å²) in [5.74, 6) is 0.178. The van der Waals surface area contributed by atoms with Gasteiger partial charge in [0.2, 0.25) is 0 Å². The van der Waals surface area contributed by atoms with E-state index in [9.17, 15) is 9.59 Å². The van der Waals surface area contributed by atoms with E-state index in [0.29, 0.717) is 22.6 Å². The number of esters is 1. The third-order valence-corrected chi connectivity index (χ3v) is 3.89. The molecule has 0 unspecified atom stereocenters. The molecule has 0 N–H and O–H groups in total. The Hall–Kier alpha value is -3.66. The largest absolute Gasteiger partial charge is 0.493 e. The van der Waals surface area contributed by atoms with Gasteiger partial charge in [-0.25, -0.2) is 4.79 Å². The maximum absolute atomic E-state index is 12.2. The van der Waals surface area contributed by atoms with Crippen LogP contribution in [0.1, 0.15) is 26.3 Å². The number of hydrogen-bond acceptors (Lipinski definition) is 4. The van der Waals surface area contributed by atoms with E-state index in [4.69, 9.17) is 9.47 Å². The van der Waals surface area contributed by atoms with E-state index in [1.54, 1.807) is 60.7 Å². The van der Waals surface area contributed by atoms with E-state index in [2.05, 4.69) is 0 Å². The fourth-order valence-electron chi connectivity index (χ4n) is 2.48. The molecule has 0 radical (unpaired) electrons. The summed E-state index contributed by atoms with van der Waals surface area (Å²) in [5, 5.41) is 0. The van der Waals surface area contributed by atoms with Crippen LogP contribution in [0.25, 0.3) is 6.08 Å². The van der Waals surface area contributed by atoms with Crippen molar-refractivity contribution in [1.29, 1.82) is 0 Å². The lowest BCUT2D eigenvalue weighted by molar-refractivity contribution is 0.0729. The number of carbonyl (C=O) groups is 2. The monoisotopic (exact) mass is 358 g/mol. The second kappa shape index (κ2) is 8.63. The summed E-state index contributed by atoms with van der Waals surface area (Å²) in [4.78, 5) is 24.4. The minimum atomic E-state index is -0.462. The smallest absolute Gasteiger partial charge is 0.343 e. The molecule has 0 heterocycles. The third-order valence-electron chi connectivity index (χ3n) is 3.89. The van der Waals surface area contributed by atoms with Crippen LogP contribution in [0.2, 0.25) is 0 Å². The second-order valence-electron chi connectivity index (χ2n) is 5.73. The first-order valence-electron chi connectivity index (χ1n) is 8.40. The van der Waals surface area contributed by atoms with Gasteiger partial charge in [0, 0.05) is 5.56 Å². The first-order chi connectivity index (χ1) is 13.2. The predicted molar refractivity (Wildman–Crippen MR) is 104 cm³/mol. The zero-order chi connectivity index (χ0) is 19.1. The molecule has 0 saturated heterocycles. The molecule has 0 bridgehead atoms. The van der Waals surface area contributed by atoms with Crippen molar-refractivity contribution in [3.05, 3.63) is 102 Å². The second-order valence-corrected chi connectivity index (χ2v) is 5.73. The maximum Gasteiger partial charge on any atom is 0.343 e. The van der Waals surface area contributed by atoms with Gasteiger partial charge in [0.25, 0.3) is 0 Å². The highest BCUT2D eigenvalue weighted by atomic mass is 16.6. The SMILES string of the molecule is COc1cc(/C=C/C(=O)c2ccccc2)ccc1OC(=O)c1ccccc1. The van der Waals surface area contributed by atoms with Gasteiger partial charge in [0.15, 0.2) is 17.3 Å². The highest BCUT2D eigenvalue weighted by Gasteiger charge is 2.12. The van der Waals surface area contributed by atoms with Gasteiger partial charge in [-0.15, -0.1) is 0 Å². The van der Waals surface area contributed by atoms with Crippen LogP contribution in [-0.2, 0) is 0 Å². The Morgan fingerprint density at radius 2 is 1.41 bits per heavy atom. The van der Waals surface area contributed by atoms with Gasteiger partial charge in [-0.2, -0.15) is 0 Å². The van der Waals surface area contributed by atoms with Crippen LogP contribution in [0, 0.1) is 0 Å². The predicted octanol–water partition coefficient (Wildman–Crippen LogP) is 4.81. The van der Waals surface area contributed by atoms with Gasteiger partial charge in [0.05, 0.1) is 12.7 Å². The number of allylic oxidation sites excluding steroid dienone is 1. The lowest BCUT2D eigenvalue weighted by atomic mass is 10.1. The Labute approximate surface area is 157 Å². The average Bonchev–Trinajstić information content (AvgIpc) is 2.74. The Morgan fingerprint density at radius 1 is 0.778 bits per heavy atom. The molecule has 27 heavy (non-hydrogen) atoms. The van der Waals surface area contributed by atoms with Gasteiger partial charge in [-0.1, -0.05) is 60.7 Å². The highest BCUT2D eigenvalue weighted by Crippen LogP contribution is 2.29. The molecule has 0 aliphatic carbocycles. The standard InChI is InChI=1S/C23H18O4/c1-26-22-16-17(12-14-20(24)18-8-4-2-5-9-18)13-15-21(22)27-23(25)19-10-6-3-7-11-19/h2-16H,1H3/b14-12+. The zero-order valence-corrected chi connectivity index (χ0v) is 14.8. The van der Waals surface area contributed by atoms with Crippen LogP contribution in [-0.4, -0.2) is 18.9 Å². The Balaban J connectivity index is 1.75. The minimum Gasteiger partial charge on any atom is -0.493 e. The van der Waals surface area contributed by atoms with Crippen LogP contribution in [0.4, 0.5) is 0 Å². The topological polar surface area (TPSA) is 52.6 Å². The lowest BCUT2D eigenvalue weighted by Gasteiger charge is -2.10. The summed E-state index contributed by atoms with van der Waals surface area (Å²) in [5.41, 5.74) is 1.83. The van der Waals surface area contributed by atoms with Crippen molar-refractivity contribution in [1.82, 2.24) is 0 Å². The number of ketones is 1. The lowest BCUT2D eigenvalue weighted by Crippen LogP contribution is -2.09. The van der Waals surface area contributed by atoms with Crippen LogP contribution in [0.5, 0.6) is 11.5 Å². The fraction of sp³-hybridized carbons (Fsp3) is 0.0435. The molecule has 3 aromatic carbocycles. The van der Waals surface area contributed by atoms with E-state index in [0.717, 1.165) is 5.56 Å². The zero-order valence-electron chi connectivity index (χ0n) is 14.8. The van der Waals surface area contributed by atoms with Crippen molar-refractivity contribution in [2.75, 3.05) is 7.11 Å². The van der Waals surface area contributed by atoms with Crippen molar-refractivity contribution >= 4 is 17.8 Å². The summed E-state index contributed by atoms with van der Waals surface area (Å²) >= 11 is 0. The van der Waals surface area contributed by atoms with Crippen LogP contribution in [0.3, 0.4) is 0 Å². The van der Waals surface area contributed by atoms with Gasteiger partial charge < -0.3 is 9.47 Å². The first-order valence-corrected chi connectivity index (χ1v) is 8.40. The summed E-state index contributed by atoms with van der Waals surface area (Å²) in [6, 6.07) is 22.9.